The van der Waals surface area contributed by atoms with E-state index in [1.54, 1.807) is 22.0 Å². The van der Waals surface area contributed by atoms with Crippen LogP contribution in [0.4, 0.5) is 0 Å². The first kappa shape index (κ1) is 32.6. The highest BCUT2D eigenvalue weighted by Gasteiger charge is 2.55. The van der Waals surface area contributed by atoms with E-state index in [1.807, 2.05) is 48.5 Å². The molecule has 2 aliphatic rings. The summed E-state index contributed by atoms with van der Waals surface area (Å²) in [6, 6.07) is 15.8. The molecule has 0 saturated heterocycles. The van der Waals surface area contributed by atoms with Gasteiger partial charge in [0, 0.05) is 10.0 Å². The fraction of sp³-hybridized carbons (Fsp3) is 0.529. The van der Waals surface area contributed by atoms with E-state index in [0.29, 0.717) is 13.1 Å². The van der Waals surface area contributed by atoms with Crippen LogP contribution in [0.5, 0.6) is 0 Å². The van der Waals surface area contributed by atoms with Crippen molar-refractivity contribution < 1.29 is 10.2 Å². The predicted molar refractivity (Wildman–Crippen MR) is 173 cm³/mol. The summed E-state index contributed by atoms with van der Waals surface area (Å²) in [4.78, 5) is 7.98. The Morgan fingerprint density at radius 2 is 1.02 bits per heavy atom. The van der Waals surface area contributed by atoms with E-state index in [4.69, 9.17) is 23.2 Å². The Morgan fingerprint density at radius 3 is 1.34 bits per heavy atom. The molecule has 236 valence electrons. The number of aromatic nitrogens is 6. The van der Waals surface area contributed by atoms with E-state index in [9.17, 15) is 10.2 Å². The number of hydrogen-bond acceptors (Lipinski definition) is 6. The lowest BCUT2D eigenvalue weighted by Gasteiger charge is -2.40. The lowest BCUT2D eigenvalue weighted by Crippen LogP contribution is -2.49. The number of benzene rings is 2. The monoisotopic (exact) mass is 638 g/mol. The van der Waals surface area contributed by atoms with Gasteiger partial charge in [-0.15, -0.1) is 0 Å². The van der Waals surface area contributed by atoms with E-state index in [2.05, 4.69) is 47.9 Å². The molecule has 2 saturated carbocycles. The van der Waals surface area contributed by atoms with Gasteiger partial charge in [0.25, 0.3) is 0 Å². The van der Waals surface area contributed by atoms with Gasteiger partial charge < -0.3 is 10.2 Å². The Bertz CT molecular complexity index is 1360. The second-order valence-corrected chi connectivity index (χ2v) is 14.8. The van der Waals surface area contributed by atoms with Crippen LogP contribution in [0.1, 0.15) is 64.5 Å². The van der Waals surface area contributed by atoms with Crippen molar-refractivity contribution in [2.24, 2.45) is 22.7 Å². The van der Waals surface area contributed by atoms with Crippen LogP contribution in [0.3, 0.4) is 0 Å². The Kier molecular flexibility index (Phi) is 9.57. The van der Waals surface area contributed by atoms with Gasteiger partial charge in [-0.2, -0.15) is 10.2 Å². The normalized spacial score (nSPS) is 27.2. The summed E-state index contributed by atoms with van der Waals surface area (Å²) in [7, 11) is 0. The van der Waals surface area contributed by atoms with E-state index in [-0.39, 0.29) is 22.7 Å². The van der Waals surface area contributed by atoms with Gasteiger partial charge in [0.1, 0.15) is 25.3 Å². The van der Waals surface area contributed by atoms with Gasteiger partial charge >= 0.3 is 0 Å². The average molecular weight is 640 g/mol. The summed E-state index contributed by atoms with van der Waals surface area (Å²) in [5.41, 5.74) is 0.556. The molecule has 2 aliphatic carbocycles. The molecule has 0 spiro atoms. The molecular formula is C34H44Cl2N6O2. The van der Waals surface area contributed by atoms with Crippen LogP contribution in [-0.4, -0.2) is 50.9 Å². The fourth-order valence-corrected chi connectivity index (χ4v) is 7.50. The maximum absolute atomic E-state index is 11.5. The minimum absolute atomic E-state index is 0.143. The fourth-order valence-electron chi connectivity index (χ4n) is 7.25. The maximum Gasteiger partial charge on any atom is 0.137 e. The Labute approximate surface area is 270 Å². The van der Waals surface area contributed by atoms with Crippen LogP contribution in [0.15, 0.2) is 73.8 Å². The van der Waals surface area contributed by atoms with Crippen LogP contribution < -0.4 is 0 Å². The minimum atomic E-state index is -0.791. The van der Waals surface area contributed by atoms with Gasteiger partial charge in [0.05, 0.1) is 24.3 Å². The molecule has 0 radical (unpaired) electrons. The predicted octanol–water partition coefficient (Wildman–Crippen LogP) is 6.68. The highest BCUT2D eigenvalue weighted by atomic mass is 35.5. The number of nitrogens with zero attached hydrogens (tertiary/aromatic N) is 6. The average Bonchev–Trinajstić information content (AvgIpc) is 3.76. The summed E-state index contributed by atoms with van der Waals surface area (Å²) in [5.74, 6) is 0.403. The van der Waals surface area contributed by atoms with E-state index >= 15 is 0 Å². The van der Waals surface area contributed by atoms with Crippen molar-refractivity contribution in [1.29, 1.82) is 0 Å². The third kappa shape index (κ3) is 6.89. The van der Waals surface area contributed by atoms with Gasteiger partial charge in [-0.05, 0) is 96.6 Å². The molecule has 0 aliphatic heterocycles. The largest absolute Gasteiger partial charge is 0.387 e. The summed E-state index contributed by atoms with van der Waals surface area (Å²) < 4.78 is 3.48. The maximum atomic E-state index is 11.5. The molecule has 0 bridgehead atoms. The second-order valence-electron chi connectivity index (χ2n) is 13.9. The topological polar surface area (TPSA) is 102 Å². The minimum Gasteiger partial charge on any atom is -0.387 e. The molecule has 4 aromatic rings. The molecule has 2 aromatic heterocycles. The zero-order valence-corrected chi connectivity index (χ0v) is 27.6. The quantitative estimate of drug-likeness (QED) is 0.223. The van der Waals surface area contributed by atoms with Gasteiger partial charge in [-0.1, -0.05) is 75.2 Å². The van der Waals surface area contributed by atoms with Gasteiger partial charge in [-0.25, -0.2) is 9.97 Å². The molecule has 0 unspecified atom stereocenters. The summed E-state index contributed by atoms with van der Waals surface area (Å²) in [5, 5.41) is 32.7. The molecule has 2 heterocycles. The van der Waals surface area contributed by atoms with Crippen molar-refractivity contribution in [1.82, 2.24) is 29.5 Å². The van der Waals surface area contributed by atoms with Crippen molar-refractivity contribution in [2.45, 2.75) is 90.5 Å². The summed E-state index contributed by atoms with van der Waals surface area (Å²) in [6.45, 7) is 9.55. The zero-order valence-electron chi connectivity index (χ0n) is 26.1. The SMILES string of the molecule is CC1(C)CC[C@@H](Cc2ccc(Cl)cc2)[C@]1(O)Cn1cncn1.CC1(C)CC[C@H](Cc2ccc(Cl)cc2)[C@@]1(O)Cn1cncn1. The molecule has 0 amide bonds. The summed E-state index contributed by atoms with van der Waals surface area (Å²) >= 11 is 11.9. The molecule has 10 heteroatoms. The summed E-state index contributed by atoms with van der Waals surface area (Å²) in [6.07, 6.45) is 12.1. The van der Waals surface area contributed by atoms with Crippen molar-refractivity contribution in [3.05, 3.63) is 95.0 Å². The smallest absolute Gasteiger partial charge is 0.137 e. The van der Waals surface area contributed by atoms with Crippen LogP contribution in [0, 0.1) is 22.7 Å². The van der Waals surface area contributed by atoms with Gasteiger partial charge in [0.2, 0.25) is 0 Å². The Balaban J connectivity index is 0.000000175. The molecule has 2 fully saturated rings. The molecule has 6 rings (SSSR count). The van der Waals surface area contributed by atoms with Gasteiger partial charge in [-0.3, -0.25) is 9.36 Å². The first-order valence-corrected chi connectivity index (χ1v) is 16.2. The molecule has 2 aromatic carbocycles. The number of rotatable bonds is 8. The third-order valence-corrected chi connectivity index (χ3v) is 11.0. The first-order chi connectivity index (χ1) is 20.8. The van der Waals surface area contributed by atoms with Crippen molar-refractivity contribution in [2.75, 3.05) is 0 Å². The number of halogens is 2. The van der Waals surface area contributed by atoms with Crippen LogP contribution in [0.25, 0.3) is 0 Å². The highest BCUT2D eigenvalue weighted by Crippen LogP contribution is 2.52. The van der Waals surface area contributed by atoms with E-state index in [0.717, 1.165) is 48.6 Å². The molecule has 8 nitrogen and oxygen atoms in total. The van der Waals surface area contributed by atoms with Crippen LogP contribution in [0.2, 0.25) is 10.0 Å². The Hall–Kier alpha value is -2.78. The molecular weight excluding hydrogens is 595 g/mol. The number of hydrogen-bond donors (Lipinski definition) is 2. The first-order valence-electron chi connectivity index (χ1n) is 15.4. The lowest BCUT2D eigenvalue weighted by atomic mass is 9.72. The zero-order chi connectivity index (χ0) is 31.6. The van der Waals surface area contributed by atoms with Crippen LogP contribution >= 0.6 is 23.2 Å². The third-order valence-electron chi connectivity index (χ3n) is 10.5. The highest BCUT2D eigenvalue weighted by molar-refractivity contribution is 6.30. The molecule has 4 atom stereocenters. The van der Waals surface area contributed by atoms with Crippen LogP contribution in [-0.2, 0) is 25.9 Å². The standard InChI is InChI=1S/2C17H22ClN3O/c2*1-16(2)8-7-14(9-13-3-5-15(18)6-4-13)17(16,22)10-21-12-19-11-20-21/h2*3-6,11-12,14,22H,7-10H2,1-2H3/t2*14-,17+/m10/s1. The number of aliphatic hydroxyl groups is 2. The Morgan fingerprint density at radius 1 is 0.659 bits per heavy atom. The lowest BCUT2D eigenvalue weighted by molar-refractivity contribution is -0.0908. The van der Waals surface area contributed by atoms with Crippen molar-refractivity contribution in [3.8, 4) is 0 Å². The molecule has 44 heavy (non-hydrogen) atoms. The molecule has 2 N–H and O–H groups in total. The van der Waals surface area contributed by atoms with E-state index in [1.165, 1.54) is 23.8 Å². The van der Waals surface area contributed by atoms with Gasteiger partial charge in [0.15, 0.2) is 0 Å². The van der Waals surface area contributed by atoms with Crippen molar-refractivity contribution in [3.63, 3.8) is 0 Å². The van der Waals surface area contributed by atoms with E-state index < -0.39 is 11.2 Å². The van der Waals surface area contributed by atoms with Crippen molar-refractivity contribution >= 4 is 23.2 Å². The second kappa shape index (κ2) is 12.9.